The van der Waals surface area contributed by atoms with Crippen molar-refractivity contribution in [3.05, 3.63) is 33.8 Å². The molecule has 0 saturated carbocycles. The number of aliphatic hydroxyl groups is 1. The number of halogens is 2. The van der Waals surface area contributed by atoms with Gasteiger partial charge in [0.25, 0.3) is 0 Å². The molecule has 4 heteroatoms. The molecule has 17 heavy (non-hydrogen) atoms. The fourth-order valence-corrected chi connectivity index (χ4v) is 1.94. The van der Waals surface area contributed by atoms with Gasteiger partial charge in [0.1, 0.15) is 0 Å². The van der Waals surface area contributed by atoms with Crippen molar-refractivity contribution in [3.63, 3.8) is 0 Å². The zero-order valence-corrected chi connectivity index (χ0v) is 11.8. The third-order valence-corrected chi connectivity index (χ3v) is 4.03. The van der Waals surface area contributed by atoms with Gasteiger partial charge < -0.3 is 9.84 Å². The van der Waals surface area contributed by atoms with Crippen molar-refractivity contribution < 1.29 is 9.84 Å². The van der Waals surface area contributed by atoms with Crippen molar-refractivity contribution in [2.24, 2.45) is 0 Å². The summed E-state index contributed by atoms with van der Waals surface area (Å²) in [6.07, 6.45) is 0.663. The summed E-state index contributed by atoms with van der Waals surface area (Å²) in [5.74, 6) is 0. The van der Waals surface area contributed by atoms with E-state index in [9.17, 15) is 5.11 Å². The van der Waals surface area contributed by atoms with Crippen molar-refractivity contribution in [2.75, 3.05) is 7.11 Å². The normalized spacial score (nSPS) is 16.6. The number of hydrogen-bond donors (Lipinski definition) is 1. The number of ether oxygens (including phenoxy) is 1. The van der Waals surface area contributed by atoms with Gasteiger partial charge in [0.2, 0.25) is 0 Å². The molecule has 1 aromatic rings. The Labute approximate surface area is 113 Å². The molecule has 1 N–H and O–H groups in total. The van der Waals surface area contributed by atoms with Gasteiger partial charge in [-0.3, -0.25) is 0 Å². The van der Waals surface area contributed by atoms with Gasteiger partial charge in [-0.15, -0.1) is 0 Å². The van der Waals surface area contributed by atoms with E-state index in [1.807, 2.05) is 19.9 Å². The molecule has 0 heterocycles. The van der Waals surface area contributed by atoms with Crippen LogP contribution in [0.15, 0.2) is 18.2 Å². The number of hydrogen-bond acceptors (Lipinski definition) is 2. The van der Waals surface area contributed by atoms with Crippen LogP contribution in [0.2, 0.25) is 10.0 Å². The van der Waals surface area contributed by atoms with Crippen LogP contribution >= 0.6 is 23.2 Å². The van der Waals surface area contributed by atoms with Crippen LogP contribution in [0.4, 0.5) is 0 Å². The SMILES string of the molecule is CCC(C)(OC)C(O)Cc1ccc(Cl)c(Cl)c1. The maximum Gasteiger partial charge on any atom is 0.0909 e. The Kier molecular flexibility index (Phi) is 5.26. The maximum absolute atomic E-state index is 10.2. The molecule has 0 saturated heterocycles. The maximum atomic E-state index is 10.2. The topological polar surface area (TPSA) is 29.5 Å². The second kappa shape index (κ2) is 6.05. The molecule has 0 aliphatic carbocycles. The second-order valence-corrected chi connectivity index (χ2v) is 5.15. The molecule has 0 aliphatic rings. The van der Waals surface area contributed by atoms with Crippen LogP contribution in [0.1, 0.15) is 25.8 Å². The molecule has 2 nitrogen and oxygen atoms in total. The lowest BCUT2D eigenvalue weighted by atomic mass is 9.91. The van der Waals surface area contributed by atoms with Gasteiger partial charge in [-0.05, 0) is 31.0 Å². The summed E-state index contributed by atoms with van der Waals surface area (Å²) in [4.78, 5) is 0. The largest absolute Gasteiger partial charge is 0.390 e. The molecular formula is C13H18Cl2O2. The Hall–Kier alpha value is -0.280. The van der Waals surface area contributed by atoms with Crippen LogP contribution in [0.3, 0.4) is 0 Å². The van der Waals surface area contributed by atoms with E-state index in [0.717, 1.165) is 12.0 Å². The van der Waals surface area contributed by atoms with E-state index in [1.165, 1.54) is 0 Å². The van der Waals surface area contributed by atoms with E-state index in [-0.39, 0.29) is 0 Å². The van der Waals surface area contributed by atoms with Gasteiger partial charge in [0.15, 0.2) is 0 Å². The average Bonchev–Trinajstić information content (AvgIpc) is 2.32. The minimum atomic E-state index is -0.574. The highest BCUT2D eigenvalue weighted by atomic mass is 35.5. The molecule has 96 valence electrons. The Morgan fingerprint density at radius 1 is 1.35 bits per heavy atom. The quantitative estimate of drug-likeness (QED) is 0.889. The van der Waals surface area contributed by atoms with Gasteiger partial charge in [0.05, 0.1) is 21.8 Å². The van der Waals surface area contributed by atoms with E-state index in [2.05, 4.69) is 0 Å². The number of methoxy groups -OCH3 is 1. The standard InChI is InChI=1S/C13H18Cl2O2/c1-4-13(2,17-3)12(16)8-9-5-6-10(14)11(15)7-9/h5-7,12,16H,4,8H2,1-3H3. The van der Waals surface area contributed by atoms with Crippen LogP contribution < -0.4 is 0 Å². The summed E-state index contributed by atoms with van der Waals surface area (Å²) < 4.78 is 5.37. The summed E-state index contributed by atoms with van der Waals surface area (Å²) in [6, 6.07) is 5.38. The van der Waals surface area contributed by atoms with Gasteiger partial charge in [0, 0.05) is 13.5 Å². The predicted octanol–water partition coefficient (Wildman–Crippen LogP) is 3.71. The molecule has 0 radical (unpaired) electrons. The highest BCUT2D eigenvalue weighted by molar-refractivity contribution is 6.42. The van der Waals surface area contributed by atoms with Crippen molar-refractivity contribution in [2.45, 2.75) is 38.4 Å². The third kappa shape index (κ3) is 3.59. The van der Waals surface area contributed by atoms with Crippen molar-refractivity contribution in [1.29, 1.82) is 0 Å². The van der Waals surface area contributed by atoms with Gasteiger partial charge in [-0.2, -0.15) is 0 Å². The first-order chi connectivity index (χ1) is 7.92. The fourth-order valence-electron chi connectivity index (χ4n) is 1.62. The lowest BCUT2D eigenvalue weighted by Crippen LogP contribution is -2.42. The van der Waals surface area contributed by atoms with Crippen LogP contribution in [0.25, 0.3) is 0 Å². The lowest BCUT2D eigenvalue weighted by Gasteiger charge is -2.32. The molecule has 2 atom stereocenters. The van der Waals surface area contributed by atoms with Crippen LogP contribution in [0, 0.1) is 0 Å². The Balaban J connectivity index is 2.80. The Bertz CT molecular complexity index is 376. The van der Waals surface area contributed by atoms with E-state index in [1.54, 1.807) is 19.2 Å². The first kappa shape index (κ1) is 14.8. The molecule has 1 rings (SSSR count). The summed E-state index contributed by atoms with van der Waals surface area (Å²) in [5.41, 5.74) is 0.412. The van der Waals surface area contributed by atoms with Crippen molar-refractivity contribution in [1.82, 2.24) is 0 Å². The Morgan fingerprint density at radius 3 is 2.47 bits per heavy atom. The van der Waals surface area contributed by atoms with Gasteiger partial charge >= 0.3 is 0 Å². The van der Waals surface area contributed by atoms with Gasteiger partial charge in [-0.25, -0.2) is 0 Å². The van der Waals surface area contributed by atoms with E-state index >= 15 is 0 Å². The van der Waals surface area contributed by atoms with E-state index < -0.39 is 11.7 Å². The minimum Gasteiger partial charge on any atom is -0.390 e. The smallest absolute Gasteiger partial charge is 0.0909 e. The highest BCUT2D eigenvalue weighted by Gasteiger charge is 2.30. The second-order valence-electron chi connectivity index (χ2n) is 4.34. The molecule has 0 fully saturated rings. The number of rotatable bonds is 5. The molecule has 1 aromatic carbocycles. The number of aliphatic hydroxyl groups excluding tert-OH is 1. The van der Waals surface area contributed by atoms with Crippen LogP contribution in [0.5, 0.6) is 0 Å². The fraction of sp³-hybridized carbons (Fsp3) is 0.538. The van der Waals surface area contributed by atoms with Crippen molar-refractivity contribution in [3.8, 4) is 0 Å². The van der Waals surface area contributed by atoms with E-state index in [4.69, 9.17) is 27.9 Å². The first-order valence-corrected chi connectivity index (χ1v) is 6.35. The summed E-state index contributed by atoms with van der Waals surface area (Å²) in [6.45, 7) is 3.89. The predicted molar refractivity (Wildman–Crippen MR) is 71.9 cm³/mol. The lowest BCUT2D eigenvalue weighted by molar-refractivity contribution is -0.0914. The summed E-state index contributed by atoms with van der Waals surface area (Å²) in [5, 5.41) is 11.2. The zero-order chi connectivity index (χ0) is 13.1. The summed E-state index contributed by atoms with van der Waals surface area (Å²) >= 11 is 11.8. The highest BCUT2D eigenvalue weighted by Crippen LogP contribution is 2.26. The molecule has 0 aliphatic heterocycles. The van der Waals surface area contributed by atoms with Gasteiger partial charge in [-0.1, -0.05) is 36.2 Å². The zero-order valence-electron chi connectivity index (χ0n) is 10.3. The minimum absolute atomic E-state index is 0.495. The van der Waals surface area contributed by atoms with E-state index in [0.29, 0.717) is 16.5 Å². The molecular weight excluding hydrogens is 259 g/mol. The Morgan fingerprint density at radius 2 is 2.00 bits per heavy atom. The molecule has 0 aromatic heterocycles. The van der Waals surface area contributed by atoms with Crippen molar-refractivity contribution >= 4 is 23.2 Å². The average molecular weight is 277 g/mol. The number of benzene rings is 1. The van der Waals surface area contributed by atoms with Crippen LogP contribution in [-0.4, -0.2) is 23.9 Å². The monoisotopic (exact) mass is 276 g/mol. The molecule has 0 spiro atoms. The molecule has 0 bridgehead atoms. The molecule has 2 unspecified atom stereocenters. The van der Waals surface area contributed by atoms with Crippen LogP contribution in [-0.2, 0) is 11.2 Å². The first-order valence-electron chi connectivity index (χ1n) is 5.60. The third-order valence-electron chi connectivity index (χ3n) is 3.29. The molecule has 0 amide bonds. The summed E-state index contributed by atoms with van der Waals surface area (Å²) in [7, 11) is 1.61.